The fraction of sp³-hybridized carbons (Fsp3) is 0.640. The zero-order chi connectivity index (χ0) is 22.2. The van der Waals surface area contributed by atoms with Gasteiger partial charge in [0.25, 0.3) is 0 Å². The molecule has 0 radical (unpaired) electrons. The molecule has 0 aliphatic carbocycles. The highest BCUT2D eigenvalue weighted by Crippen LogP contribution is 2.15. The van der Waals surface area contributed by atoms with E-state index in [0.29, 0.717) is 13.2 Å². The maximum absolute atomic E-state index is 12.1. The summed E-state index contributed by atoms with van der Waals surface area (Å²) in [5.74, 6) is 0.732. The normalized spacial score (nSPS) is 12.4. The summed E-state index contributed by atoms with van der Waals surface area (Å²) in [6, 6.07) is 7.83. The molecule has 0 heterocycles. The van der Waals surface area contributed by atoms with Crippen LogP contribution in [0.1, 0.15) is 71.3 Å². The third kappa shape index (κ3) is 12.0. The molecule has 1 rings (SSSR count). The number of ether oxygens (including phenoxy) is 2. The summed E-state index contributed by atoms with van der Waals surface area (Å²) < 4.78 is 11.5. The predicted molar refractivity (Wildman–Crippen MR) is 125 cm³/mol. The van der Waals surface area contributed by atoms with Crippen molar-refractivity contribution in [2.75, 3.05) is 20.3 Å². The lowest BCUT2D eigenvalue weighted by Crippen LogP contribution is -2.37. The van der Waals surface area contributed by atoms with Gasteiger partial charge in [-0.25, -0.2) is 0 Å². The van der Waals surface area contributed by atoms with E-state index in [-0.39, 0.29) is 24.2 Å². The Hall–Kier alpha value is -1.85. The van der Waals surface area contributed by atoms with Crippen molar-refractivity contribution >= 4 is 5.91 Å². The molecule has 0 aliphatic rings. The SMILES string of the molecule is C=CC(CCCCCCC)OCC(=O)NCc1ccc(OCCC(C)(C)NC)cc1. The van der Waals surface area contributed by atoms with Crippen molar-refractivity contribution in [1.29, 1.82) is 0 Å². The molecular weight excluding hydrogens is 376 g/mol. The summed E-state index contributed by atoms with van der Waals surface area (Å²) in [7, 11) is 1.96. The van der Waals surface area contributed by atoms with Gasteiger partial charge in [-0.1, -0.05) is 57.2 Å². The van der Waals surface area contributed by atoms with Crippen LogP contribution in [0.25, 0.3) is 0 Å². The van der Waals surface area contributed by atoms with Crippen molar-refractivity contribution in [2.45, 2.75) is 83.9 Å². The minimum atomic E-state index is -0.109. The number of hydrogen-bond acceptors (Lipinski definition) is 4. The Kier molecular flexibility index (Phi) is 13.1. The van der Waals surface area contributed by atoms with Gasteiger partial charge in [-0.15, -0.1) is 6.58 Å². The maximum atomic E-state index is 12.1. The molecule has 30 heavy (non-hydrogen) atoms. The molecule has 5 heteroatoms. The van der Waals surface area contributed by atoms with Crippen LogP contribution in [0.4, 0.5) is 0 Å². The van der Waals surface area contributed by atoms with Crippen LogP contribution in [0.15, 0.2) is 36.9 Å². The number of rotatable bonds is 17. The van der Waals surface area contributed by atoms with E-state index in [1.54, 1.807) is 6.08 Å². The Morgan fingerprint density at radius 1 is 1.17 bits per heavy atom. The van der Waals surface area contributed by atoms with Crippen LogP contribution >= 0.6 is 0 Å². The average molecular weight is 419 g/mol. The first-order valence-electron chi connectivity index (χ1n) is 11.3. The lowest BCUT2D eigenvalue weighted by atomic mass is 10.0. The lowest BCUT2D eigenvalue weighted by molar-refractivity contribution is -0.127. The second-order valence-corrected chi connectivity index (χ2v) is 8.44. The number of nitrogens with one attached hydrogen (secondary N) is 2. The molecule has 5 nitrogen and oxygen atoms in total. The Morgan fingerprint density at radius 2 is 1.87 bits per heavy atom. The third-order valence-corrected chi connectivity index (χ3v) is 5.37. The number of unbranched alkanes of at least 4 members (excludes halogenated alkanes) is 4. The molecule has 1 unspecified atom stereocenters. The van der Waals surface area contributed by atoms with E-state index in [0.717, 1.165) is 30.6 Å². The summed E-state index contributed by atoms with van der Waals surface area (Å²) >= 11 is 0. The predicted octanol–water partition coefficient (Wildman–Crippen LogP) is 5.00. The van der Waals surface area contributed by atoms with Gasteiger partial charge in [-0.3, -0.25) is 4.79 Å². The van der Waals surface area contributed by atoms with Gasteiger partial charge in [0, 0.05) is 12.1 Å². The second kappa shape index (κ2) is 15.0. The van der Waals surface area contributed by atoms with Crippen molar-refractivity contribution in [3.63, 3.8) is 0 Å². The van der Waals surface area contributed by atoms with Crippen LogP contribution in [0, 0.1) is 0 Å². The molecule has 1 aromatic carbocycles. The van der Waals surface area contributed by atoms with Gasteiger partial charge in [0.1, 0.15) is 12.4 Å². The highest BCUT2D eigenvalue weighted by Gasteiger charge is 2.14. The Bertz CT molecular complexity index is 599. The summed E-state index contributed by atoms with van der Waals surface area (Å²) in [4.78, 5) is 12.1. The number of benzene rings is 1. The van der Waals surface area contributed by atoms with Crippen LogP contribution in [-0.4, -0.2) is 37.8 Å². The van der Waals surface area contributed by atoms with Crippen LogP contribution in [0.2, 0.25) is 0 Å². The Balaban J connectivity index is 2.24. The third-order valence-electron chi connectivity index (χ3n) is 5.37. The standard InChI is InChI=1S/C25H42N2O3/c1-6-8-9-10-11-12-22(7-2)30-20-24(28)27-19-21-13-15-23(16-14-21)29-18-17-25(3,4)26-5/h7,13-16,22,26H,2,6,8-12,17-20H2,1,3-5H3,(H,27,28). The van der Waals surface area contributed by atoms with Gasteiger partial charge < -0.3 is 20.1 Å². The number of carbonyl (C=O) groups is 1. The first-order valence-corrected chi connectivity index (χ1v) is 11.3. The van der Waals surface area contributed by atoms with Crippen LogP contribution < -0.4 is 15.4 Å². The quantitative estimate of drug-likeness (QED) is 0.276. The zero-order valence-corrected chi connectivity index (χ0v) is 19.5. The van der Waals surface area contributed by atoms with Crippen molar-refractivity contribution in [3.8, 4) is 5.75 Å². The molecule has 0 aliphatic heterocycles. The molecule has 0 spiro atoms. The van der Waals surface area contributed by atoms with Crippen molar-refractivity contribution < 1.29 is 14.3 Å². The molecule has 0 aromatic heterocycles. The fourth-order valence-corrected chi connectivity index (χ4v) is 2.91. The van der Waals surface area contributed by atoms with Crippen LogP contribution in [0.5, 0.6) is 5.75 Å². The lowest BCUT2D eigenvalue weighted by Gasteiger charge is -2.23. The van der Waals surface area contributed by atoms with Gasteiger partial charge in [0.15, 0.2) is 0 Å². The number of hydrogen-bond donors (Lipinski definition) is 2. The summed E-state index contributed by atoms with van der Waals surface area (Å²) in [6.45, 7) is 11.5. The summed E-state index contributed by atoms with van der Waals surface area (Å²) in [6.07, 6.45) is 9.69. The number of carbonyl (C=O) groups excluding carboxylic acids is 1. The summed E-state index contributed by atoms with van der Waals surface area (Å²) in [5, 5.41) is 6.17. The molecule has 0 saturated heterocycles. The monoisotopic (exact) mass is 418 g/mol. The van der Waals surface area contributed by atoms with Gasteiger partial charge in [0.05, 0.1) is 12.7 Å². The molecule has 170 valence electrons. The molecule has 0 saturated carbocycles. The second-order valence-electron chi connectivity index (χ2n) is 8.44. The average Bonchev–Trinajstić information content (AvgIpc) is 2.75. The van der Waals surface area contributed by atoms with E-state index in [9.17, 15) is 4.79 Å². The number of amides is 1. The van der Waals surface area contributed by atoms with Crippen molar-refractivity contribution in [3.05, 3.63) is 42.5 Å². The molecule has 0 fully saturated rings. The smallest absolute Gasteiger partial charge is 0.246 e. The molecule has 1 amide bonds. The van der Waals surface area contributed by atoms with Gasteiger partial charge in [-0.2, -0.15) is 0 Å². The van der Waals surface area contributed by atoms with Gasteiger partial charge in [-0.05, 0) is 51.4 Å². The van der Waals surface area contributed by atoms with E-state index in [1.165, 1.54) is 25.7 Å². The molecule has 0 bridgehead atoms. The Morgan fingerprint density at radius 3 is 2.50 bits per heavy atom. The maximum Gasteiger partial charge on any atom is 0.246 e. The first kappa shape index (κ1) is 26.2. The first-order chi connectivity index (χ1) is 14.4. The minimum Gasteiger partial charge on any atom is -0.494 e. The molecule has 2 N–H and O–H groups in total. The van der Waals surface area contributed by atoms with Gasteiger partial charge >= 0.3 is 0 Å². The topological polar surface area (TPSA) is 59.6 Å². The van der Waals surface area contributed by atoms with Gasteiger partial charge in [0.2, 0.25) is 5.91 Å². The largest absolute Gasteiger partial charge is 0.494 e. The highest BCUT2D eigenvalue weighted by molar-refractivity contribution is 5.77. The highest BCUT2D eigenvalue weighted by atomic mass is 16.5. The zero-order valence-electron chi connectivity index (χ0n) is 19.5. The molecule has 1 atom stereocenters. The van der Waals surface area contributed by atoms with Crippen LogP contribution in [-0.2, 0) is 16.1 Å². The molecular formula is C25H42N2O3. The van der Waals surface area contributed by atoms with E-state index in [1.807, 2.05) is 31.3 Å². The Labute approximate surface area is 183 Å². The van der Waals surface area contributed by atoms with E-state index < -0.39 is 0 Å². The van der Waals surface area contributed by atoms with E-state index in [2.05, 4.69) is 38.0 Å². The fourth-order valence-electron chi connectivity index (χ4n) is 2.91. The summed E-state index contributed by atoms with van der Waals surface area (Å²) in [5.41, 5.74) is 1.09. The molecule has 1 aromatic rings. The van der Waals surface area contributed by atoms with Crippen LogP contribution in [0.3, 0.4) is 0 Å². The van der Waals surface area contributed by atoms with E-state index >= 15 is 0 Å². The van der Waals surface area contributed by atoms with Crippen molar-refractivity contribution in [1.82, 2.24) is 10.6 Å². The van der Waals surface area contributed by atoms with Crippen molar-refractivity contribution in [2.24, 2.45) is 0 Å². The van der Waals surface area contributed by atoms with E-state index in [4.69, 9.17) is 9.47 Å². The minimum absolute atomic E-state index is 0.0540.